The lowest BCUT2D eigenvalue weighted by molar-refractivity contribution is 0.548. The maximum absolute atomic E-state index is 6.11. The molecule has 0 aliphatic carbocycles. The first-order chi connectivity index (χ1) is 8.83. The summed E-state index contributed by atoms with van der Waals surface area (Å²) in [5.74, 6) is 0. The Morgan fingerprint density at radius 1 is 1.26 bits per heavy atom. The lowest BCUT2D eigenvalue weighted by Crippen LogP contribution is -2.44. The molecule has 1 aliphatic rings. The number of rotatable bonds is 3. The van der Waals surface area contributed by atoms with Crippen LogP contribution in [-0.4, -0.2) is 33.9 Å². The highest BCUT2D eigenvalue weighted by atomic mass is 35.5. The summed E-state index contributed by atoms with van der Waals surface area (Å²) in [7, 11) is 0. The average molecular weight is 280 g/mol. The first-order valence-corrected chi connectivity index (χ1v) is 6.24. The summed E-state index contributed by atoms with van der Waals surface area (Å²) in [5, 5.41) is 4.12. The Morgan fingerprint density at radius 2 is 2.11 bits per heavy atom. The minimum absolute atomic E-state index is 0. The van der Waals surface area contributed by atoms with Crippen molar-refractivity contribution in [3.8, 4) is 0 Å². The summed E-state index contributed by atoms with van der Waals surface area (Å²) >= 11 is 0. The van der Waals surface area contributed by atoms with E-state index in [4.69, 9.17) is 5.73 Å². The van der Waals surface area contributed by atoms with Gasteiger partial charge in [0.2, 0.25) is 0 Å². The quantitative estimate of drug-likeness (QED) is 0.914. The van der Waals surface area contributed by atoms with E-state index in [1.165, 1.54) is 11.3 Å². The number of benzene rings is 1. The minimum atomic E-state index is 0. The van der Waals surface area contributed by atoms with Crippen molar-refractivity contribution < 1.29 is 0 Å². The maximum atomic E-state index is 6.11. The van der Waals surface area contributed by atoms with Gasteiger partial charge in [0.05, 0.1) is 6.54 Å². The molecule has 5 nitrogen and oxygen atoms in total. The van der Waals surface area contributed by atoms with Crippen molar-refractivity contribution in [1.29, 1.82) is 0 Å². The highest BCUT2D eigenvalue weighted by Gasteiger charge is 2.21. The molecule has 1 aliphatic heterocycles. The summed E-state index contributed by atoms with van der Waals surface area (Å²) in [4.78, 5) is 6.29. The molecule has 6 heteroatoms. The van der Waals surface area contributed by atoms with Crippen LogP contribution in [0.4, 0.5) is 5.69 Å². The predicted molar refractivity (Wildman–Crippen MR) is 77.6 cm³/mol. The number of aromatic nitrogens is 3. The fourth-order valence-electron chi connectivity index (χ4n) is 2.50. The number of halogens is 1. The van der Waals surface area contributed by atoms with E-state index in [-0.39, 0.29) is 18.4 Å². The van der Waals surface area contributed by atoms with Gasteiger partial charge in [0.15, 0.2) is 0 Å². The molecule has 0 spiro atoms. The molecule has 0 bridgehead atoms. The van der Waals surface area contributed by atoms with Crippen molar-refractivity contribution in [3.63, 3.8) is 0 Å². The van der Waals surface area contributed by atoms with Crippen LogP contribution in [0.3, 0.4) is 0 Å². The van der Waals surface area contributed by atoms with Crippen molar-refractivity contribution in [3.05, 3.63) is 42.5 Å². The van der Waals surface area contributed by atoms with Crippen molar-refractivity contribution in [1.82, 2.24) is 14.8 Å². The van der Waals surface area contributed by atoms with Crippen molar-refractivity contribution >= 4 is 18.1 Å². The van der Waals surface area contributed by atoms with Gasteiger partial charge in [0.1, 0.15) is 12.7 Å². The molecule has 0 saturated heterocycles. The lowest BCUT2D eigenvalue weighted by Gasteiger charge is -2.34. The Balaban J connectivity index is 0.00000133. The van der Waals surface area contributed by atoms with Crippen molar-refractivity contribution in [2.75, 3.05) is 18.0 Å². The number of fused-ring (bicyclic) bond motifs is 1. The van der Waals surface area contributed by atoms with Gasteiger partial charge in [-0.2, -0.15) is 5.10 Å². The molecular formula is C13H18ClN5. The standard InChI is InChI=1S/C13H17N5.ClH/c14-12-7-11-3-1-2-4-13(11)17(8-12)5-6-18-10-15-9-16-18;/h1-4,9-10,12H,5-8,14H2;1H. The molecule has 1 atom stereocenters. The van der Waals surface area contributed by atoms with Gasteiger partial charge in [-0.1, -0.05) is 18.2 Å². The molecule has 0 radical (unpaired) electrons. The third kappa shape index (κ3) is 3.05. The van der Waals surface area contributed by atoms with Gasteiger partial charge in [-0.15, -0.1) is 12.4 Å². The summed E-state index contributed by atoms with van der Waals surface area (Å²) in [6.45, 7) is 2.65. The Bertz CT molecular complexity index is 514. The number of para-hydroxylation sites is 1. The Kier molecular flexibility index (Phi) is 4.39. The number of hydrogen-bond acceptors (Lipinski definition) is 4. The van der Waals surface area contributed by atoms with Crippen LogP contribution in [0.25, 0.3) is 0 Å². The Morgan fingerprint density at radius 3 is 2.89 bits per heavy atom. The zero-order valence-electron chi connectivity index (χ0n) is 10.6. The van der Waals surface area contributed by atoms with Crippen LogP contribution >= 0.6 is 12.4 Å². The molecule has 0 saturated carbocycles. The van der Waals surface area contributed by atoms with E-state index in [0.717, 1.165) is 26.1 Å². The Hall–Kier alpha value is -1.59. The fraction of sp³-hybridized carbons (Fsp3) is 0.385. The van der Waals surface area contributed by atoms with Crippen LogP contribution in [0.5, 0.6) is 0 Å². The van der Waals surface area contributed by atoms with Crippen LogP contribution in [0, 0.1) is 0 Å². The highest BCUT2D eigenvalue weighted by molar-refractivity contribution is 5.85. The summed E-state index contributed by atoms with van der Waals surface area (Å²) in [6, 6.07) is 8.71. The molecule has 2 aromatic rings. The third-order valence-electron chi connectivity index (χ3n) is 3.33. The Labute approximate surface area is 118 Å². The predicted octanol–water partition coefficient (Wildman–Crippen LogP) is 1.09. The van der Waals surface area contributed by atoms with Crippen LogP contribution in [0.1, 0.15) is 5.56 Å². The van der Waals surface area contributed by atoms with Gasteiger partial charge in [0, 0.05) is 24.8 Å². The molecule has 0 amide bonds. The van der Waals surface area contributed by atoms with E-state index >= 15 is 0 Å². The van der Waals surface area contributed by atoms with Gasteiger partial charge < -0.3 is 10.6 Å². The van der Waals surface area contributed by atoms with Crippen molar-refractivity contribution in [2.24, 2.45) is 5.73 Å². The molecule has 0 fully saturated rings. The van der Waals surface area contributed by atoms with Crippen LogP contribution in [0.15, 0.2) is 36.9 Å². The monoisotopic (exact) mass is 279 g/mol. The summed E-state index contributed by atoms with van der Waals surface area (Å²) in [5.41, 5.74) is 8.76. The normalized spacial score (nSPS) is 17.7. The largest absolute Gasteiger partial charge is 0.368 e. The van der Waals surface area contributed by atoms with E-state index in [1.807, 2.05) is 4.68 Å². The molecule has 1 aromatic carbocycles. The van der Waals surface area contributed by atoms with Crippen LogP contribution < -0.4 is 10.6 Å². The van der Waals surface area contributed by atoms with E-state index in [2.05, 4.69) is 39.2 Å². The minimum Gasteiger partial charge on any atom is -0.368 e. The SMILES string of the molecule is Cl.NC1Cc2ccccc2N(CCn2cncn2)C1. The average Bonchev–Trinajstić information content (AvgIpc) is 2.89. The van der Waals surface area contributed by atoms with Gasteiger partial charge in [-0.05, 0) is 18.1 Å². The third-order valence-corrected chi connectivity index (χ3v) is 3.33. The van der Waals surface area contributed by atoms with Gasteiger partial charge >= 0.3 is 0 Å². The number of anilines is 1. The van der Waals surface area contributed by atoms with Crippen LogP contribution in [0.2, 0.25) is 0 Å². The second-order valence-corrected chi connectivity index (χ2v) is 4.70. The summed E-state index contributed by atoms with van der Waals surface area (Å²) < 4.78 is 1.85. The topological polar surface area (TPSA) is 60.0 Å². The smallest absolute Gasteiger partial charge is 0.137 e. The summed E-state index contributed by atoms with van der Waals surface area (Å²) in [6.07, 6.45) is 4.28. The zero-order chi connectivity index (χ0) is 12.4. The number of hydrogen-bond donors (Lipinski definition) is 1. The molecule has 19 heavy (non-hydrogen) atoms. The van der Waals surface area contributed by atoms with Crippen molar-refractivity contribution in [2.45, 2.75) is 19.0 Å². The molecule has 1 aromatic heterocycles. The van der Waals surface area contributed by atoms with Crippen LogP contribution in [-0.2, 0) is 13.0 Å². The second-order valence-electron chi connectivity index (χ2n) is 4.70. The van der Waals surface area contributed by atoms with E-state index in [1.54, 1.807) is 12.7 Å². The molecular weight excluding hydrogens is 262 g/mol. The molecule has 2 N–H and O–H groups in total. The molecule has 102 valence electrons. The molecule has 3 rings (SSSR count). The molecule has 2 heterocycles. The highest BCUT2D eigenvalue weighted by Crippen LogP contribution is 2.25. The van der Waals surface area contributed by atoms with Gasteiger partial charge in [-0.25, -0.2) is 4.98 Å². The first-order valence-electron chi connectivity index (χ1n) is 6.24. The van der Waals surface area contributed by atoms with Gasteiger partial charge in [0.25, 0.3) is 0 Å². The fourth-order valence-corrected chi connectivity index (χ4v) is 2.50. The molecule has 1 unspecified atom stereocenters. The second kappa shape index (κ2) is 6.04. The number of nitrogens with two attached hydrogens (primary N) is 1. The van der Waals surface area contributed by atoms with E-state index in [9.17, 15) is 0 Å². The zero-order valence-corrected chi connectivity index (χ0v) is 11.5. The number of nitrogens with zero attached hydrogens (tertiary/aromatic N) is 4. The first kappa shape index (κ1) is 13.8. The lowest BCUT2D eigenvalue weighted by atomic mass is 9.98. The van der Waals surface area contributed by atoms with Gasteiger partial charge in [-0.3, -0.25) is 4.68 Å². The van der Waals surface area contributed by atoms with E-state index in [0.29, 0.717) is 0 Å². The van der Waals surface area contributed by atoms with E-state index < -0.39 is 0 Å². The maximum Gasteiger partial charge on any atom is 0.137 e.